The smallest absolute Gasteiger partial charge is 0.185 e. The minimum Gasteiger partial charge on any atom is -0.415 e. The third-order valence-electron chi connectivity index (χ3n) is 10.9. The third kappa shape index (κ3) is 5.02. The zero-order chi connectivity index (χ0) is 23.1. The Balaban J connectivity index is 1.89. The Labute approximate surface area is 192 Å². The molecule has 2 saturated heterocycles. The van der Waals surface area contributed by atoms with Gasteiger partial charge in [0.1, 0.15) is 13.4 Å². The molecule has 4 atom stereocenters. The first kappa shape index (κ1) is 26.7. The van der Waals surface area contributed by atoms with E-state index < -0.39 is 16.6 Å². The van der Waals surface area contributed by atoms with Gasteiger partial charge < -0.3 is 8.85 Å². The van der Waals surface area contributed by atoms with E-state index in [1.807, 2.05) is 0 Å². The first-order chi connectivity index (χ1) is 13.6. The van der Waals surface area contributed by atoms with E-state index in [1.165, 1.54) is 24.7 Å². The molecule has 174 valence electrons. The van der Waals surface area contributed by atoms with Crippen molar-refractivity contribution in [2.45, 2.75) is 129 Å². The summed E-state index contributed by atoms with van der Waals surface area (Å²) in [6.45, 7) is 32.7. The van der Waals surface area contributed by atoms with Gasteiger partial charge in [0.05, 0.1) is 13.2 Å². The molecule has 4 unspecified atom stereocenters. The van der Waals surface area contributed by atoms with E-state index >= 15 is 0 Å². The SMILES string of the molecule is CC(C)C(C)(C)B1CC[Si](C)(OCCO[Si]2(C)CCB(C(C)(C)C(C)C)C2C)C1C. The first-order valence-electron chi connectivity index (χ1n) is 12.9. The van der Waals surface area contributed by atoms with Gasteiger partial charge in [-0.25, -0.2) is 0 Å². The second-order valence-corrected chi connectivity index (χ2v) is 21.8. The molecule has 2 fully saturated rings. The predicted octanol–water partition coefficient (Wildman–Crippen LogP) is 7.92. The Morgan fingerprint density at radius 2 is 1.03 bits per heavy atom. The van der Waals surface area contributed by atoms with E-state index in [1.54, 1.807) is 0 Å². The van der Waals surface area contributed by atoms with Crippen LogP contribution in [0.2, 0.25) is 59.3 Å². The van der Waals surface area contributed by atoms with Gasteiger partial charge in [-0.15, -0.1) is 0 Å². The highest BCUT2D eigenvalue weighted by Crippen LogP contribution is 2.54. The van der Waals surface area contributed by atoms with Crippen LogP contribution < -0.4 is 0 Å². The normalized spacial score (nSPS) is 33.4. The lowest BCUT2D eigenvalue weighted by molar-refractivity contribution is 0.201. The lowest BCUT2D eigenvalue weighted by atomic mass is 9.29. The molecule has 30 heavy (non-hydrogen) atoms. The van der Waals surface area contributed by atoms with Crippen LogP contribution in [-0.2, 0) is 8.85 Å². The van der Waals surface area contributed by atoms with Crippen LogP contribution in [0.25, 0.3) is 0 Å². The molecule has 6 heteroatoms. The average molecular weight is 450 g/mol. The fourth-order valence-electron chi connectivity index (χ4n) is 6.54. The predicted molar refractivity (Wildman–Crippen MR) is 142 cm³/mol. The van der Waals surface area contributed by atoms with Crippen molar-refractivity contribution in [2.24, 2.45) is 11.8 Å². The molecule has 0 aromatic heterocycles. The van der Waals surface area contributed by atoms with Crippen molar-refractivity contribution in [3.05, 3.63) is 0 Å². The molecule has 2 aliphatic rings. The van der Waals surface area contributed by atoms with Crippen molar-refractivity contribution < 1.29 is 8.85 Å². The van der Waals surface area contributed by atoms with Crippen molar-refractivity contribution in [3.63, 3.8) is 0 Å². The summed E-state index contributed by atoms with van der Waals surface area (Å²) < 4.78 is 13.4. The second kappa shape index (κ2) is 9.39. The van der Waals surface area contributed by atoms with Crippen molar-refractivity contribution in [2.75, 3.05) is 13.2 Å². The zero-order valence-electron chi connectivity index (χ0n) is 22.5. The Hall–Kier alpha value is 0.484. The highest BCUT2D eigenvalue weighted by atomic mass is 28.4. The monoisotopic (exact) mass is 450 g/mol. The summed E-state index contributed by atoms with van der Waals surface area (Å²) in [5, 5.41) is 0.809. The van der Waals surface area contributed by atoms with E-state index in [0.717, 1.165) is 49.4 Å². The van der Waals surface area contributed by atoms with Gasteiger partial charge in [0.2, 0.25) is 0 Å². The summed E-state index contributed by atoms with van der Waals surface area (Å²) in [6.07, 6.45) is 2.71. The number of hydrogen-bond acceptors (Lipinski definition) is 2. The molecular weight excluding hydrogens is 398 g/mol. The minimum atomic E-state index is -1.65. The molecule has 2 rings (SSSR count). The third-order valence-corrected chi connectivity index (χ3v) is 19.8. The second-order valence-electron chi connectivity index (χ2n) is 13.1. The highest BCUT2D eigenvalue weighted by Gasteiger charge is 2.55. The Morgan fingerprint density at radius 3 is 1.30 bits per heavy atom. The van der Waals surface area contributed by atoms with Gasteiger partial charge in [-0.05, 0) is 47.9 Å². The molecule has 0 bridgehead atoms. The molecule has 0 aromatic carbocycles. The molecule has 2 nitrogen and oxygen atoms in total. The molecule has 0 aliphatic carbocycles. The summed E-state index contributed by atoms with van der Waals surface area (Å²) in [6, 6.07) is 2.65. The summed E-state index contributed by atoms with van der Waals surface area (Å²) >= 11 is 0. The van der Waals surface area contributed by atoms with Gasteiger partial charge in [0.25, 0.3) is 0 Å². The van der Waals surface area contributed by atoms with Crippen LogP contribution in [0.5, 0.6) is 0 Å². The quantitative estimate of drug-likeness (QED) is 0.262. The van der Waals surface area contributed by atoms with Gasteiger partial charge in [0, 0.05) is 0 Å². The number of hydrogen-bond donors (Lipinski definition) is 0. The van der Waals surface area contributed by atoms with Crippen molar-refractivity contribution in [1.82, 2.24) is 0 Å². The van der Waals surface area contributed by atoms with Crippen LogP contribution in [0.3, 0.4) is 0 Å². The Bertz CT molecular complexity index is 534. The molecular formula is C24H52B2O2Si2. The topological polar surface area (TPSA) is 18.5 Å². The first-order valence-corrected chi connectivity index (χ1v) is 18.3. The molecule has 2 heterocycles. The van der Waals surface area contributed by atoms with Crippen LogP contribution in [0.15, 0.2) is 0 Å². The standard InChI is InChI=1S/C24H52B2O2Si2/c1-19(2)23(7,8)25-13-17-29(11,21(25)5)27-15-16-28-30(12)18-14-26(22(30)6)24(9,10)20(3)4/h19-22H,13-18H2,1-12H3. The minimum absolute atomic E-state index is 0.405. The summed E-state index contributed by atoms with van der Waals surface area (Å²) in [5.74, 6) is 1.45. The van der Waals surface area contributed by atoms with E-state index in [-0.39, 0.29) is 0 Å². The number of rotatable bonds is 9. The van der Waals surface area contributed by atoms with Gasteiger partial charge in [-0.2, -0.15) is 0 Å². The maximum absolute atomic E-state index is 6.72. The fraction of sp³-hybridized carbons (Fsp3) is 1.00. The van der Waals surface area contributed by atoms with Crippen molar-refractivity contribution in [3.8, 4) is 0 Å². The molecule has 0 radical (unpaired) electrons. The largest absolute Gasteiger partial charge is 0.415 e. The maximum atomic E-state index is 6.72. The molecule has 2 aliphatic heterocycles. The molecule has 0 aromatic rings. The van der Waals surface area contributed by atoms with Gasteiger partial charge in [0.15, 0.2) is 16.6 Å². The lowest BCUT2D eigenvalue weighted by Gasteiger charge is -2.39. The summed E-state index contributed by atoms with van der Waals surface area (Å²) in [4.78, 5) is 0. The van der Waals surface area contributed by atoms with Crippen LogP contribution in [0.1, 0.15) is 69.2 Å². The van der Waals surface area contributed by atoms with Crippen LogP contribution in [-0.4, -0.2) is 43.3 Å². The van der Waals surface area contributed by atoms with Crippen LogP contribution in [0, 0.1) is 11.8 Å². The van der Waals surface area contributed by atoms with Crippen molar-refractivity contribution in [1.29, 1.82) is 0 Å². The average Bonchev–Trinajstić information content (AvgIpc) is 3.10. The van der Waals surface area contributed by atoms with Crippen molar-refractivity contribution >= 4 is 30.1 Å². The summed E-state index contributed by atoms with van der Waals surface area (Å²) in [7, 11) is -3.30. The molecule has 0 amide bonds. The van der Waals surface area contributed by atoms with E-state index in [9.17, 15) is 0 Å². The fourth-order valence-corrected chi connectivity index (χ4v) is 14.0. The van der Waals surface area contributed by atoms with Crippen LogP contribution in [0.4, 0.5) is 0 Å². The summed E-state index contributed by atoms with van der Waals surface area (Å²) in [5.41, 5.74) is 1.48. The van der Waals surface area contributed by atoms with Gasteiger partial charge >= 0.3 is 0 Å². The van der Waals surface area contributed by atoms with E-state index in [4.69, 9.17) is 8.85 Å². The Morgan fingerprint density at radius 1 is 0.733 bits per heavy atom. The Kier molecular flexibility index (Phi) is 8.36. The zero-order valence-corrected chi connectivity index (χ0v) is 24.5. The molecule has 0 N–H and O–H groups in total. The highest BCUT2D eigenvalue weighted by molar-refractivity contribution is 6.93. The van der Waals surface area contributed by atoms with E-state index in [0.29, 0.717) is 10.6 Å². The van der Waals surface area contributed by atoms with Gasteiger partial charge in [-0.1, -0.05) is 92.5 Å². The maximum Gasteiger partial charge on any atom is 0.185 e. The van der Waals surface area contributed by atoms with E-state index in [2.05, 4.69) is 82.3 Å². The lowest BCUT2D eigenvalue weighted by Crippen LogP contribution is -2.45. The van der Waals surface area contributed by atoms with Gasteiger partial charge in [-0.3, -0.25) is 0 Å². The van der Waals surface area contributed by atoms with Crippen LogP contribution >= 0.6 is 0 Å². The molecule has 0 spiro atoms. The molecule has 0 saturated carbocycles.